The summed E-state index contributed by atoms with van der Waals surface area (Å²) in [6.45, 7) is 6.73. The van der Waals surface area contributed by atoms with Crippen LogP contribution in [0.1, 0.15) is 31.7 Å². The zero-order valence-corrected chi connectivity index (χ0v) is 12.7. The van der Waals surface area contributed by atoms with Gasteiger partial charge in [0.05, 0.1) is 23.0 Å². The fourth-order valence-corrected chi connectivity index (χ4v) is 2.58. The van der Waals surface area contributed by atoms with Crippen LogP contribution in [0.3, 0.4) is 0 Å². The first-order valence-corrected chi connectivity index (χ1v) is 7.15. The Hall–Kier alpha value is -1.56. The highest BCUT2D eigenvalue weighted by atomic mass is 35.5. The van der Waals surface area contributed by atoms with Gasteiger partial charge in [-0.05, 0) is 20.3 Å². The molecule has 1 aromatic heterocycles. The summed E-state index contributed by atoms with van der Waals surface area (Å²) in [6.07, 6.45) is 0.584. The van der Waals surface area contributed by atoms with E-state index in [1.807, 2.05) is 20.8 Å². The molecule has 110 valence electrons. The number of piperazine rings is 1. The van der Waals surface area contributed by atoms with E-state index in [0.717, 1.165) is 11.4 Å². The van der Waals surface area contributed by atoms with Crippen LogP contribution >= 0.6 is 11.6 Å². The Morgan fingerprint density at radius 1 is 1.40 bits per heavy atom. The van der Waals surface area contributed by atoms with E-state index in [-0.39, 0.29) is 18.4 Å². The molecule has 0 aliphatic carbocycles. The Morgan fingerprint density at radius 2 is 2.10 bits per heavy atom. The van der Waals surface area contributed by atoms with Crippen LogP contribution in [0.25, 0.3) is 0 Å². The number of amides is 2. The molecule has 0 radical (unpaired) electrons. The number of halogens is 1. The molecule has 2 rings (SSSR count). The first kappa shape index (κ1) is 14.8. The highest BCUT2D eigenvalue weighted by Crippen LogP contribution is 2.22. The van der Waals surface area contributed by atoms with Gasteiger partial charge in [-0.2, -0.15) is 5.10 Å². The van der Waals surface area contributed by atoms with E-state index < -0.39 is 6.04 Å². The summed E-state index contributed by atoms with van der Waals surface area (Å²) in [5.74, 6) is -0.198. The van der Waals surface area contributed by atoms with Gasteiger partial charge in [0.2, 0.25) is 11.8 Å². The van der Waals surface area contributed by atoms with Gasteiger partial charge in [-0.1, -0.05) is 18.5 Å². The fraction of sp³-hybridized carbons (Fsp3) is 0.615. The van der Waals surface area contributed by atoms with Gasteiger partial charge in [-0.25, -0.2) is 0 Å². The fourth-order valence-electron chi connectivity index (χ4n) is 2.38. The van der Waals surface area contributed by atoms with Crippen molar-refractivity contribution in [2.75, 3.05) is 6.54 Å². The molecule has 1 N–H and O–H groups in total. The van der Waals surface area contributed by atoms with Crippen LogP contribution in [0.5, 0.6) is 0 Å². The summed E-state index contributed by atoms with van der Waals surface area (Å²) >= 11 is 6.24. The van der Waals surface area contributed by atoms with Crippen molar-refractivity contribution >= 4 is 23.4 Å². The molecular weight excluding hydrogens is 280 g/mol. The van der Waals surface area contributed by atoms with Crippen molar-refractivity contribution in [3.8, 4) is 0 Å². The molecule has 1 aliphatic rings. The zero-order valence-electron chi connectivity index (χ0n) is 11.9. The first-order chi connectivity index (χ1) is 9.47. The van der Waals surface area contributed by atoms with Crippen LogP contribution in [0.15, 0.2) is 0 Å². The van der Waals surface area contributed by atoms with Crippen molar-refractivity contribution in [2.24, 2.45) is 0 Å². The first-order valence-electron chi connectivity index (χ1n) is 6.77. The molecule has 1 atom stereocenters. The monoisotopic (exact) mass is 298 g/mol. The van der Waals surface area contributed by atoms with Crippen molar-refractivity contribution in [1.29, 1.82) is 0 Å². The summed E-state index contributed by atoms with van der Waals surface area (Å²) in [4.78, 5) is 25.5. The Labute approximate surface area is 123 Å². The number of aryl methyl sites for hydroxylation is 2. The van der Waals surface area contributed by atoms with Crippen LogP contribution in [0, 0.1) is 6.92 Å². The molecular formula is C13H19ClN4O2. The van der Waals surface area contributed by atoms with E-state index in [1.165, 1.54) is 0 Å². The van der Waals surface area contributed by atoms with E-state index in [9.17, 15) is 9.59 Å². The molecule has 1 aromatic rings. The topological polar surface area (TPSA) is 67.2 Å². The summed E-state index contributed by atoms with van der Waals surface area (Å²) in [5.41, 5.74) is 1.52. The van der Waals surface area contributed by atoms with Crippen molar-refractivity contribution in [1.82, 2.24) is 20.0 Å². The van der Waals surface area contributed by atoms with E-state index in [0.29, 0.717) is 24.5 Å². The molecule has 0 spiro atoms. The summed E-state index contributed by atoms with van der Waals surface area (Å²) < 4.78 is 1.78. The second-order valence-corrected chi connectivity index (χ2v) is 5.26. The van der Waals surface area contributed by atoms with Gasteiger partial charge in [0.1, 0.15) is 12.6 Å². The van der Waals surface area contributed by atoms with Crippen molar-refractivity contribution in [3.63, 3.8) is 0 Å². The maximum atomic E-state index is 12.3. The number of nitrogens with one attached hydrogen (secondary N) is 1. The molecule has 2 amide bonds. The maximum absolute atomic E-state index is 12.3. The van der Waals surface area contributed by atoms with Crippen LogP contribution in [0.2, 0.25) is 5.02 Å². The van der Waals surface area contributed by atoms with E-state index >= 15 is 0 Å². The molecule has 0 bridgehead atoms. The Bertz CT molecular complexity index is 541. The molecule has 6 nitrogen and oxygen atoms in total. The largest absolute Gasteiger partial charge is 0.343 e. The second kappa shape index (κ2) is 5.83. The molecule has 1 saturated heterocycles. The lowest BCUT2D eigenvalue weighted by Crippen LogP contribution is -2.57. The average molecular weight is 299 g/mol. The lowest BCUT2D eigenvalue weighted by Gasteiger charge is -2.32. The normalized spacial score (nSPS) is 19.4. The molecule has 1 aliphatic heterocycles. The highest BCUT2D eigenvalue weighted by molar-refractivity contribution is 6.31. The third-order valence-electron chi connectivity index (χ3n) is 3.48. The number of hydrogen-bond acceptors (Lipinski definition) is 3. The van der Waals surface area contributed by atoms with Gasteiger partial charge in [0.25, 0.3) is 0 Å². The van der Waals surface area contributed by atoms with Gasteiger partial charge < -0.3 is 10.2 Å². The summed E-state index contributed by atoms with van der Waals surface area (Å²) in [5, 5.41) is 7.59. The van der Waals surface area contributed by atoms with Crippen molar-refractivity contribution < 1.29 is 9.59 Å². The minimum Gasteiger partial charge on any atom is -0.343 e. The number of rotatable bonds is 4. The van der Waals surface area contributed by atoms with Gasteiger partial charge >= 0.3 is 0 Å². The Morgan fingerprint density at radius 3 is 2.70 bits per heavy atom. The predicted molar refractivity (Wildman–Crippen MR) is 75.3 cm³/mol. The van der Waals surface area contributed by atoms with Crippen LogP contribution in [-0.2, 0) is 22.7 Å². The second-order valence-electron chi connectivity index (χ2n) is 4.88. The zero-order chi connectivity index (χ0) is 14.9. The van der Waals surface area contributed by atoms with Gasteiger partial charge in [0, 0.05) is 6.54 Å². The molecule has 2 heterocycles. The number of nitrogens with zero attached hydrogens (tertiary/aromatic N) is 3. The SMILES string of the molecule is CCC1NC(=O)CN(Cc2c(Cl)c(C)nn2CC)C1=O. The number of carbonyl (C=O) groups excluding carboxylic acids is 2. The average Bonchev–Trinajstić information content (AvgIpc) is 2.70. The van der Waals surface area contributed by atoms with Crippen LogP contribution in [-0.4, -0.2) is 39.1 Å². The molecule has 20 heavy (non-hydrogen) atoms. The molecule has 1 unspecified atom stereocenters. The molecule has 0 saturated carbocycles. The van der Waals surface area contributed by atoms with E-state index in [2.05, 4.69) is 10.4 Å². The van der Waals surface area contributed by atoms with Gasteiger partial charge in [0.15, 0.2) is 0 Å². The van der Waals surface area contributed by atoms with E-state index in [4.69, 9.17) is 11.6 Å². The highest BCUT2D eigenvalue weighted by Gasteiger charge is 2.32. The number of aromatic nitrogens is 2. The van der Waals surface area contributed by atoms with E-state index in [1.54, 1.807) is 9.58 Å². The lowest BCUT2D eigenvalue weighted by molar-refractivity contribution is -0.145. The van der Waals surface area contributed by atoms with Gasteiger partial charge in [-0.15, -0.1) is 0 Å². The van der Waals surface area contributed by atoms with Crippen LogP contribution in [0.4, 0.5) is 0 Å². The molecule has 1 fully saturated rings. The quantitative estimate of drug-likeness (QED) is 0.905. The third kappa shape index (κ3) is 2.65. The minimum atomic E-state index is -0.436. The maximum Gasteiger partial charge on any atom is 0.245 e. The summed E-state index contributed by atoms with van der Waals surface area (Å²) in [7, 11) is 0. The summed E-state index contributed by atoms with van der Waals surface area (Å²) in [6, 6.07) is -0.436. The van der Waals surface area contributed by atoms with Crippen molar-refractivity contribution in [3.05, 3.63) is 16.4 Å². The number of carbonyl (C=O) groups is 2. The third-order valence-corrected chi connectivity index (χ3v) is 3.97. The van der Waals surface area contributed by atoms with Crippen molar-refractivity contribution in [2.45, 2.75) is 46.3 Å². The predicted octanol–water partition coefficient (Wildman–Crippen LogP) is 1.10. The molecule has 7 heteroatoms. The van der Waals surface area contributed by atoms with Gasteiger partial charge in [-0.3, -0.25) is 14.3 Å². The lowest BCUT2D eigenvalue weighted by atomic mass is 10.1. The number of hydrogen-bond donors (Lipinski definition) is 1. The van der Waals surface area contributed by atoms with Crippen LogP contribution < -0.4 is 5.32 Å². The molecule has 0 aromatic carbocycles. The Balaban J connectivity index is 2.24. The standard InChI is InChI=1S/C13H19ClN4O2/c1-4-9-13(20)17(7-11(19)15-9)6-10-12(14)8(3)16-18(10)5-2/h9H,4-7H2,1-3H3,(H,15,19). The Kier molecular flexibility index (Phi) is 4.32. The minimum absolute atomic E-state index is 0.0651. The smallest absolute Gasteiger partial charge is 0.245 e.